The molecule has 3 aromatic rings. The number of carbonyl (C=O) groups excluding carboxylic acids is 1. The fraction of sp³-hybridized carbons (Fsp3) is 0.261. The van der Waals surface area contributed by atoms with Crippen molar-refractivity contribution in [3.63, 3.8) is 0 Å². The van der Waals surface area contributed by atoms with Crippen molar-refractivity contribution in [2.75, 3.05) is 43.0 Å². The van der Waals surface area contributed by atoms with E-state index in [0.717, 1.165) is 44.2 Å². The highest BCUT2D eigenvalue weighted by atomic mass is 16.2. The minimum absolute atomic E-state index is 0.164. The van der Waals surface area contributed by atoms with Crippen LogP contribution in [0.25, 0.3) is 0 Å². The molecule has 0 atom stereocenters. The molecule has 1 saturated heterocycles. The monoisotopic (exact) mass is 387 g/mol. The van der Waals surface area contributed by atoms with Gasteiger partial charge in [0.25, 0.3) is 5.91 Å². The molecule has 1 aromatic heterocycles. The minimum atomic E-state index is -0.164. The van der Waals surface area contributed by atoms with Gasteiger partial charge in [-0.3, -0.25) is 9.69 Å². The first-order valence-electron chi connectivity index (χ1n) is 9.87. The van der Waals surface area contributed by atoms with Gasteiger partial charge < -0.3 is 9.80 Å². The van der Waals surface area contributed by atoms with Crippen molar-refractivity contribution in [3.05, 3.63) is 84.3 Å². The Morgan fingerprint density at radius 1 is 0.897 bits per heavy atom. The maximum absolute atomic E-state index is 12.7. The van der Waals surface area contributed by atoms with E-state index in [-0.39, 0.29) is 5.91 Å². The van der Waals surface area contributed by atoms with Gasteiger partial charge in [-0.05, 0) is 17.7 Å². The molecule has 0 unspecified atom stereocenters. The van der Waals surface area contributed by atoms with Gasteiger partial charge in [0.15, 0.2) is 0 Å². The number of para-hydroxylation sites is 1. The van der Waals surface area contributed by atoms with Gasteiger partial charge in [0, 0.05) is 45.5 Å². The number of piperazine rings is 1. The molecule has 2 aromatic carbocycles. The van der Waals surface area contributed by atoms with E-state index in [1.807, 2.05) is 36.4 Å². The normalized spacial score (nSPS) is 14.6. The predicted molar refractivity (Wildman–Crippen MR) is 115 cm³/mol. The van der Waals surface area contributed by atoms with Crippen molar-refractivity contribution < 1.29 is 4.79 Å². The molecule has 0 radical (unpaired) electrons. The molecular formula is C23H25N5O. The van der Waals surface area contributed by atoms with Gasteiger partial charge in [0.05, 0.1) is 12.4 Å². The Hall–Kier alpha value is -3.25. The first kappa shape index (κ1) is 19.1. The van der Waals surface area contributed by atoms with Crippen molar-refractivity contribution in [2.24, 2.45) is 0 Å². The molecule has 1 aliphatic rings. The summed E-state index contributed by atoms with van der Waals surface area (Å²) in [6, 6.07) is 20.1. The van der Waals surface area contributed by atoms with E-state index >= 15 is 0 Å². The molecule has 1 aliphatic heterocycles. The molecule has 0 N–H and O–H groups in total. The van der Waals surface area contributed by atoms with E-state index in [1.165, 1.54) is 5.56 Å². The van der Waals surface area contributed by atoms with Gasteiger partial charge in [-0.15, -0.1) is 0 Å². The third kappa shape index (κ3) is 4.60. The lowest BCUT2D eigenvalue weighted by Crippen LogP contribution is -2.46. The fourth-order valence-electron chi connectivity index (χ4n) is 3.51. The Morgan fingerprint density at radius 3 is 2.17 bits per heavy atom. The van der Waals surface area contributed by atoms with E-state index in [9.17, 15) is 4.79 Å². The van der Waals surface area contributed by atoms with Gasteiger partial charge in [0.2, 0.25) is 0 Å². The van der Waals surface area contributed by atoms with Crippen LogP contribution in [0.4, 0.5) is 11.5 Å². The summed E-state index contributed by atoms with van der Waals surface area (Å²) in [7, 11) is 1.75. The lowest BCUT2D eigenvalue weighted by molar-refractivity contribution is 0.0988. The molecule has 1 amide bonds. The first-order valence-corrected chi connectivity index (χ1v) is 9.87. The summed E-state index contributed by atoms with van der Waals surface area (Å²) in [5.74, 6) is 0.659. The number of benzene rings is 2. The molecule has 0 bridgehead atoms. The van der Waals surface area contributed by atoms with E-state index in [4.69, 9.17) is 0 Å². The van der Waals surface area contributed by atoms with Crippen molar-refractivity contribution in [2.45, 2.75) is 6.54 Å². The number of hydrogen-bond donors (Lipinski definition) is 0. The van der Waals surface area contributed by atoms with Crippen LogP contribution in [-0.4, -0.2) is 54.0 Å². The Morgan fingerprint density at radius 2 is 1.55 bits per heavy atom. The Bertz CT molecular complexity index is 923. The van der Waals surface area contributed by atoms with Crippen molar-refractivity contribution in [1.82, 2.24) is 14.9 Å². The van der Waals surface area contributed by atoms with E-state index < -0.39 is 0 Å². The predicted octanol–water partition coefficient (Wildman–Crippen LogP) is 3.08. The number of amides is 1. The average Bonchev–Trinajstić information content (AvgIpc) is 2.80. The molecule has 0 saturated carbocycles. The first-order chi connectivity index (χ1) is 14.2. The van der Waals surface area contributed by atoms with Gasteiger partial charge in [0.1, 0.15) is 11.5 Å². The number of nitrogens with zero attached hydrogens (tertiary/aromatic N) is 5. The molecular weight excluding hydrogens is 362 g/mol. The lowest BCUT2D eigenvalue weighted by Gasteiger charge is -2.35. The number of aromatic nitrogens is 2. The highest BCUT2D eigenvalue weighted by Gasteiger charge is 2.20. The summed E-state index contributed by atoms with van der Waals surface area (Å²) < 4.78 is 0. The SMILES string of the molecule is CN(C(=O)c1cnc(N2CCN(Cc3ccccc3)CC2)cn1)c1ccccc1. The van der Waals surface area contributed by atoms with Gasteiger partial charge in [-0.25, -0.2) is 9.97 Å². The Kier molecular flexibility index (Phi) is 5.81. The summed E-state index contributed by atoms with van der Waals surface area (Å²) in [5, 5.41) is 0. The smallest absolute Gasteiger partial charge is 0.278 e. The minimum Gasteiger partial charge on any atom is -0.353 e. The molecule has 6 heteroatoms. The summed E-state index contributed by atoms with van der Waals surface area (Å²) in [6.07, 6.45) is 3.28. The molecule has 6 nitrogen and oxygen atoms in total. The van der Waals surface area contributed by atoms with Gasteiger partial charge in [-0.1, -0.05) is 48.5 Å². The quantitative estimate of drug-likeness (QED) is 0.673. The average molecular weight is 387 g/mol. The van der Waals surface area contributed by atoms with Crippen molar-refractivity contribution >= 4 is 17.4 Å². The number of hydrogen-bond acceptors (Lipinski definition) is 5. The van der Waals surface area contributed by atoms with Crippen LogP contribution in [0.1, 0.15) is 16.1 Å². The van der Waals surface area contributed by atoms with Crippen molar-refractivity contribution in [1.29, 1.82) is 0 Å². The number of anilines is 2. The lowest BCUT2D eigenvalue weighted by atomic mass is 10.2. The zero-order valence-corrected chi connectivity index (χ0v) is 16.6. The molecule has 2 heterocycles. The van der Waals surface area contributed by atoms with Crippen LogP contribution in [0, 0.1) is 0 Å². The largest absolute Gasteiger partial charge is 0.353 e. The highest BCUT2D eigenvalue weighted by molar-refractivity contribution is 6.04. The Balaban J connectivity index is 1.34. The molecule has 0 aliphatic carbocycles. The molecule has 0 spiro atoms. The van der Waals surface area contributed by atoms with Crippen LogP contribution in [0.15, 0.2) is 73.1 Å². The molecule has 29 heavy (non-hydrogen) atoms. The van der Waals surface area contributed by atoms with Crippen LogP contribution in [-0.2, 0) is 6.54 Å². The maximum Gasteiger partial charge on any atom is 0.278 e. The second-order valence-corrected chi connectivity index (χ2v) is 7.21. The van der Waals surface area contributed by atoms with Crippen LogP contribution in [0.3, 0.4) is 0 Å². The number of rotatable bonds is 5. The topological polar surface area (TPSA) is 52.6 Å². The third-order valence-corrected chi connectivity index (χ3v) is 5.25. The van der Waals surface area contributed by atoms with Crippen LogP contribution < -0.4 is 9.80 Å². The standard InChI is InChI=1S/C23H25N5O/c1-26(20-10-6-3-7-11-20)23(29)21-16-25-22(17-24-21)28-14-12-27(13-15-28)18-19-8-4-2-5-9-19/h2-11,16-17H,12-15,18H2,1H3. The number of carbonyl (C=O) groups is 1. The molecule has 148 valence electrons. The summed E-state index contributed by atoms with van der Waals surface area (Å²) in [4.78, 5) is 27.8. The summed E-state index contributed by atoms with van der Waals surface area (Å²) >= 11 is 0. The molecule has 4 rings (SSSR count). The van der Waals surface area contributed by atoms with Crippen LogP contribution in [0.2, 0.25) is 0 Å². The zero-order valence-electron chi connectivity index (χ0n) is 16.6. The fourth-order valence-corrected chi connectivity index (χ4v) is 3.51. The van der Waals surface area contributed by atoms with E-state index in [1.54, 1.807) is 24.3 Å². The van der Waals surface area contributed by atoms with E-state index in [2.05, 4.69) is 44.0 Å². The summed E-state index contributed by atoms with van der Waals surface area (Å²) in [6.45, 7) is 4.74. The zero-order chi connectivity index (χ0) is 20.1. The van der Waals surface area contributed by atoms with Gasteiger partial charge >= 0.3 is 0 Å². The molecule has 1 fully saturated rings. The van der Waals surface area contributed by atoms with E-state index in [0.29, 0.717) is 5.69 Å². The van der Waals surface area contributed by atoms with Crippen molar-refractivity contribution in [3.8, 4) is 0 Å². The maximum atomic E-state index is 12.7. The second-order valence-electron chi connectivity index (χ2n) is 7.21. The third-order valence-electron chi connectivity index (χ3n) is 5.25. The summed E-state index contributed by atoms with van der Waals surface area (Å²) in [5.41, 5.74) is 2.52. The Labute approximate surface area is 171 Å². The second kappa shape index (κ2) is 8.84. The van der Waals surface area contributed by atoms with Crippen LogP contribution in [0.5, 0.6) is 0 Å². The van der Waals surface area contributed by atoms with Crippen LogP contribution >= 0.6 is 0 Å². The highest BCUT2D eigenvalue weighted by Crippen LogP contribution is 2.17. The van der Waals surface area contributed by atoms with Gasteiger partial charge in [-0.2, -0.15) is 0 Å².